The second kappa shape index (κ2) is 4.85. The molecular weight excluding hydrogens is 251 g/mol. The third-order valence-corrected chi connectivity index (χ3v) is 3.07. The standard InChI is InChI=1S/C11H8F3NOS/c12-8-1-6(2-9(13)11(8)14)10(16)3-7-4-15-5-17-7/h1-2,4-5,10,16H,3H2. The van der Waals surface area contributed by atoms with E-state index in [1.807, 2.05) is 0 Å². The van der Waals surface area contributed by atoms with Crippen molar-refractivity contribution in [3.8, 4) is 0 Å². The number of thiazole rings is 1. The second-order valence-corrected chi connectivity index (χ2v) is 4.46. The summed E-state index contributed by atoms with van der Waals surface area (Å²) < 4.78 is 38.6. The van der Waals surface area contributed by atoms with Gasteiger partial charge in [-0.2, -0.15) is 0 Å². The largest absolute Gasteiger partial charge is 0.388 e. The van der Waals surface area contributed by atoms with Crippen LogP contribution in [0.4, 0.5) is 13.2 Å². The summed E-state index contributed by atoms with van der Waals surface area (Å²) in [5.41, 5.74) is 1.60. The zero-order chi connectivity index (χ0) is 12.4. The van der Waals surface area contributed by atoms with Crippen LogP contribution >= 0.6 is 11.3 Å². The molecule has 0 fully saturated rings. The lowest BCUT2D eigenvalue weighted by atomic mass is 10.1. The van der Waals surface area contributed by atoms with E-state index in [4.69, 9.17) is 0 Å². The molecule has 1 aromatic heterocycles. The van der Waals surface area contributed by atoms with E-state index < -0.39 is 23.6 Å². The molecule has 0 aliphatic rings. The number of aromatic nitrogens is 1. The molecule has 0 spiro atoms. The van der Waals surface area contributed by atoms with Crippen molar-refractivity contribution in [2.75, 3.05) is 0 Å². The first-order valence-electron chi connectivity index (χ1n) is 4.78. The van der Waals surface area contributed by atoms with Gasteiger partial charge in [0.25, 0.3) is 0 Å². The zero-order valence-corrected chi connectivity index (χ0v) is 9.35. The topological polar surface area (TPSA) is 33.1 Å². The first-order chi connectivity index (χ1) is 8.08. The Hall–Kier alpha value is -1.40. The molecule has 0 radical (unpaired) electrons. The smallest absolute Gasteiger partial charge is 0.194 e. The van der Waals surface area contributed by atoms with Crippen LogP contribution in [-0.4, -0.2) is 10.1 Å². The number of benzene rings is 1. The van der Waals surface area contributed by atoms with Gasteiger partial charge in [-0.25, -0.2) is 13.2 Å². The average molecular weight is 259 g/mol. The van der Waals surface area contributed by atoms with Gasteiger partial charge in [0.1, 0.15) is 0 Å². The summed E-state index contributed by atoms with van der Waals surface area (Å²) in [5.74, 6) is -4.13. The summed E-state index contributed by atoms with van der Waals surface area (Å²) in [6.07, 6.45) is 0.666. The minimum atomic E-state index is -1.53. The molecule has 0 bridgehead atoms. The van der Waals surface area contributed by atoms with Crippen molar-refractivity contribution in [1.82, 2.24) is 4.98 Å². The average Bonchev–Trinajstić information content (AvgIpc) is 2.77. The Bertz CT molecular complexity index is 492. The highest BCUT2D eigenvalue weighted by molar-refractivity contribution is 7.09. The fourth-order valence-electron chi connectivity index (χ4n) is 1.42. The minimum Gasteiger partial charge on any atom is -0.388 e. The number of aliphatic hydroxyl groups is 1. The molecule has 1 heterocycles. The normalized spacial score (nSPS) is 12.7. The van der Waals surface area contributed by atoms with E-state index in [0.29, 0.717) is 0 Å². The molecule has 1 unspecified atom stereocenters. The van der Waals surface area contributed by atoms with Gasteiger partial charge in [-0.05, 0) is 17.7 Å². The minimum absolute atomic E-state index is 0.00907. The number of halogens is 3. The maximum atomic E-state index is 12.9. The summed E-state index contributed by atoms with van der Waals surface area (Å²) in [6, 6.07) is 1.59. The fourth-order valence-corrected chi connectivity index (χ4v) is 2.05. The summed E-state index contributed by atoms with van der Waals surface area (Å²) in [4.78, 5) is 4.60. The summed E-state index contributed by atoms with van der Waals surface area (Å²) in [5, 5.41) is 9.76. The molecule has 0 saturated carbocycles. The second-order valence-electron chi connectivity index (χ2n) is 3.49. The van der Waals surface area contributed by atoms with Crippen molar-refractivity contribution >= 4 is 11.3 Å². The van der Waals surface area contributed by atoms with Crippen molar-refractivity contribution in [2.24, 2.45) is 0 Å². The van der Waals surface area contributed by atoms with Crippen molar-refractivity contribution < 1.29 is 18.3 Å². The van der Waals surface area contributed by atoms with E-state index in [2.05, 4.69) is 4.98 Å². The van der Waals surface area contributed by atoms with Crippen molar-refractivity contribution in [1.29, 1.82) is 0 Å². The van der Waals surface area contributed by atoms with Crippen LogP contribution in [0.3, 0.4) is 0 Å². The lowest BCUT2D eigenvalue weighted by Crippen LogP contribution is -2.03. The van der Waals surface area contributed by atoms with Gasteiger partial charge >= 0.3 is 0 Å². The van der Waals surface area contributed by atoms with Crippen LogP contribution in [0.2, 0.25) is 0 Å². The van der Waals surface area contributed by atoms with Crippen LogP contribution in [0, 0.1) is 17.5 Å². The SMILES string of the molecule is OC(Cc1cncs1)c1cc(F)c(F)c(F)c1. The first kappa shape index (κ1) is 12.1. The van der Waals surface area contributed by atoms with Crippen molar-refractivity contribution in [3.05, 3.63) is 51.7 Å². The number of aliphatic hydroxyl groups excluding tert-OH is 1. The molecule has 1 N–H and O–H groups in total. The van der Waals surface area contributed by atoms with Crippen molar-refractivity contribution in [3.63, 3.8) is 0 Å². The number of rotatable bonds is 3. The Morgan fingerprint density at radius 3 is 2.41 bits per heavy atom. The van der Waals surface area contributed by atoms with E-state index in [-0.39, 0.29) is 12.0 Å². The van der Waals surface area contributed by atoms with E-state index >= 15 is 0 Å². The summed E-state index contributed by atoms with van der Waals surface area (Å²) in [7, 11) is 0. The highest BCUT2D eigenvalue weighted by Gasteiger charge is 2.16. The first-order valence-corrected chi connectivity index (χ1v) is 5.65. The van der Waals surface area contributed by atoms with E-state index in [0.717, 1.165) is 17.0 Å². The molecule has 2 nitrogen and oxygen atoms in total. The molecule has 6 heteroatoms. The van der Waals surface area contributed by atoms with Crippen LogP contribution < -0.4 is 0 Å². The third kappa shape index (κ3) is 2.65. The highest BCUT2D eigenvalue weighted by atomic mass is 32.1. The Morgan fingerprint density at radius 1 is 1.24 bits per heavy atom. The van der Waals surface area contributed by atoms with Gasteiger partial charge in [-0.15, -0.1) is 11.3 Å². The lowest BCUT2D eigenvalue weighted by Gasteiger charge is -2.10. The molecule has 0 aliphatic heterocycles. The monoisotopic (exact) mass is 259 g/mol. The van der Waals surface area contributed by atoms with Crippen LogP contribution in [-0.2, 0) is 6.42 Å². The predicted octanol–water partition coefficient (Wildman–Crippen LogP) is 2.84. The Kier molecular flexibility index (Phi) is 3.44. The zero-order valence-electron chi connectivity index (χ0n) is 8.53. The molecule has 0 saturated heterocycles. The predicted molar refractivity (Wildman–Crippen MR) is 57.1 cm³/mol. The molecule has 1 aromatic carbocycles. The molecule has 2 rings (SSSR count). The van der Waals surface area contributed by atoms with Gasteiger partial charge in [-0.1, -0.05) is 0 Å². The van der Waals surface area contributed by atoms with Gasteiger partial charge in [0.15, 0.2) is 17.5 Å². The highest BCUT2D eigenvalue weighted by Crippen LogP contribution is 2.23. The number of hydrogen-bond acceptors (Lipinski definition) is 3. The van der Waals surface area contributed by atoms with E-state index in [1.165, 1.54) is 11.3 Å². The Balaban J connectivity index is 2.22. The van der Waals surface area contributed by atoms with E-state index in [9.17, 15) is 18.3 Å². The maximum absolute atomic E-state index is 12.9. The molecule has 17 heavy (non-hydrogen) atoms. The number of hydrogen-bond donors (Lipinski definition) is 1. The van der Waals surface area contributed by atoms with Crippen molar-refractivity contribution in [2.45, 2.75) is 12.5 Å². The fraction of sp³-hybridized carbons (Fsp3) is 0.182. The van der Waals surface area contributed by atoms with Gasteiger partial charge in [-0.3, -0.25) is 4.98 Å². The maximum Gasteiger partial charge on any atom is 0.194 e. The third-order valence-electron chi connectivity index (χ3n) is 2.27. The molecule has 0 amide bonds. The van der Waals surface area contributed by atoms with Gasteiger partial charge in [0.05, 0.1) is 11.6 Å². The van der Waals surface area contributed by atoms with Crippen LogP contribution in [0.25, 0.3) is 0 Å². The summed E-state index contributed by atoms with van der Waals surface area (Å²) in [6.45, 7) is 0. The van der Waals surface area contributed by atoms with Crippen LogP contribution in [0.15, 0.2) is 23.8 Å². The molecular formula is C11H8F3NOS. The van der Waals surface area contributed by atoms with Gasteiger partial charge < -0.3 is 5.11 Å². The van der Waals surface area contributed by atoms with Gasteiger partial charge in [0, 0.05) is 17.5 Å². The molecule has 2 aromatic rings. The molecule has 1 atom stereocenters. The molecule has 90 valence electrons. The Morgan fingerprint density at radius 2 is 1.88 bits per heavy atom. The quantitative estimate of drug-likeness (QED) is 0.860. The van der Waals surface area contributed by atoms with E-state index in [1.54, 1.807) is 11.7 Å². The summed E-state index contributed by atoms with van der Waals surface area (Å²) >= 11 is 1.32. The van der Waals surface area contributed by atoms with Crippen LogP contribution in [0.1, 0.15) is 16.5 Å². The lowest BCUT2D eigenvalue weighted by molar-refractivity contribution is 0.178. The number of nitrogens with zero attached hydrogens (tertiary/aromatic N) is 1. The Labute approximate surface area is 99.4 Å². The van der Waals surface area contributed by atoms with Crippen LogP contribution in [0.5, 0.6) is 0 Å². The molecule has 0 aliphatic carbocycles. The van der Waals surface area contributed by atoms with Gasteiger partial charge in [0.2, 0.25) is 0 Å².